The van der Waals surface area contributed by atoms with Crippen molar-refractivity contribution in [3.8, 4) is 0 Å². The Morgan fingerprint density at radius 3 is 2.35 bits per heavy atom. The van der Waals surface area contributed by atoms with Crippen molar-refractivity contribution >= 4 is 11.9 Å². The van der Waals surface area contributed by atoms with Gasteiger partial charge in [-0.3, -0.25) is 9.59 Å². The van der Waals surface area contributed by atoms with Crippen LogP contribution in [0.25, 0.3) is 0 Å². The maximum atomic E-state index is 13.8. The summed E-state index contributed by atoms with van der Waals surface area (Å²) in [4.78, 5) is 32.0. The Hall–Kier alpha value is -2.30. The lowest BCUT2D eigenvalue weighted by Crippen LogP contribution is -2.70. The largest absolute Gasteiger partial charge is 0.481 e. The first-order chi connectivity index (χ1) is 24.9. The number of aromatic nitrogens is 3. The van der Waals surface area contributed by atoms with E-state index in [1.54, 1.807) is 0 Å². The number of aliphatic carboxylic acids is 1. The maximum Gasteiger partial charge on any atom is 0.307 e. The first-order valence-corrected chi connectivity index (χ1v) is 21.0. The van der Waals surface area contributed by atoms with E-state index in [2.05, 4.69) is 106 Å². The van der Waals surface area contributed by atoms with E-state index in [1.165, 1.54) is 11.9 Å². The number of nitrogens with zero attached hydrogens (tertiary/aromatic N) is 3. The molecule has 1 aliphatic heterocycles. The third kappa shape index (κ3) is 6.22. The highest BCUT2D eigenvalue weighted by Gasteiger charge is 2.73. The van der Waals surface area contributed by atoms with E-state index in [9.17, 15) is 14.7 Å². The van der Waals surface area contributed by atoms with Crippen LogP contribution >= 0.6 is 0 Å². The number of nitrogens with two attached hydrogens (primary N) is 1. The summed E-state index contributed by atoms with van der Waals surface area (Å²) in [5, 5.41) is 19.1. The summed E-state index contributed by atoms with van der Waals surface area (Å²) in [6.07, 6.45) is 8.89. The molecule has 1 aromatic rings. The molecule has 1 saturated heterocycles. The maximum absolute atomic E-state index is 13.8. The molecule has 3 saturated carbocycles. The molecular formula is C44H73N5O5. The van der Waals surface area contributed by atoms with E-state index in [-0.39, 0.29) is 63.4 Å². The zero-order chi connectivity index (χ0) is 40.0. The molecular weight excluding hydrogens is 679 g/mol. The van der Waals surface area contributed by atoms with Gasteiger partial charge in [0.2, 0.25) is 5.82 Å². The van der Waals surface area contributed by atoms with Crippen molar-refractivity contribution in [1.82, 2.24) is 20.1 Å². The molecule has 1 aromatic heterocycles. The van der Waals surface area contributed by atoms with Crippen LogP contribution in [0.4, 0.5) is 0 Å². The third-order valence-electron chi connectivity index (χ3n) is 16.8. The Labute approximate surface area is 325 Å². The molecule has 0 unspecified atom stereocenters. The fourth-order valence-corrected chi connectivity index (χ4v) is 12.6. The van der Waals surface area contributed by atoms with Crippen LogP contribution in [-0.4, -0.2) is 69.8 Å². The molecule has 2 bridgehead atoms. The highest BCUT2D eigenvalue weighted by atomic mass is 16.5. The number of amides is 1. The van der Waals surface area contributed by atoms with Crippen LogP contribution in [0.2, 0.25) is 0 Å². The molecule has 1 amide bonds. The minimum Gasteiger partial charge on any atom is -0.481 e. The average molecular weight is 752 g/mol. The first kappa shape index (κ1) is 41.3. The monoisotopic (exact) mass is 752 g/mol. The molecule has 0 aromatic carbocycles. The van der Waals surface area contributed by atoms with Gasteiger partial charge in [-0.25, -0.2) is 9.67 Å². The highest BCUT2D eigenvalue weighted by Crippen LogP contribution is 2.75. The van der Waals surface area contributed by atoms with Gasteiger partial charge in [0, 0.05) is 17.5 Å². The Kier molecular flexibility index (Phi) is 10.5. The predicted octanol–water partition coefficient (Wildman–Crippen LogP) is 7.94. The second kappa shape index (κ2) is 13.7. The minimum atomic E-state index is -0.658. The first-order valence-electron chi connectivity index (χ1n) is 21.0. The van der Waals surface area contributed by atoms with E-state index in [4.69, 9.17) is 20.3 Å². The number of allylic oxidation sites excluding steroid dienone is 1. The van der Waals surface area contributed by atoms with Crippen molar-refractivity contribution in [3.05, 3.63) is 23.8 Å². The Morgan fingerprint density at radius 1 is 1.06 bits per heavy atom. The topological polar surface area (TPSA) is 142 Å². The molecule has 4 fully saturated rings. The Balaban J connectivity index is 1.51. The molecule has 0 radical (unpaired) electrons. The number of ether oxygens (including phenoxy) is 2. The zero-order valence-corrected chi connectivity index (χ0v) is 35.8. The molecule has 5 aliphatic rings. The number of carboxylic acids is 1. The van der Waals surface area contributed by atoms with E-state index in [0.717, 1.165) is 32.1 Å². The normalized spacial score (nSPS) is 40.9. The molecule has 10 nitrogen and oxygen atoms in total. The molecule has 54 heavy (non-hydrogen) atoms. The highest BCUT2D eigenvalue weighted by molar-refractivity contribution is 5.90. The molecule has 4 aliphatic carbocycles. The summed E-state index contributed by atoms with van der Waals surface area (Å²) in [7, 11) is 0. The van der Waals surface area contributed by atoms with Gasteiger partial charge in [0.1, 0.15) is 6.33 Å². The zero-order valence-electron chi connectivity index (χ0n) is 35.8. The van der Waals surface area contributed by atoms with Gasteiger partial charge >= 0.3 is 5.97 Å². The number of hydrogen-bond donors (Lipinski definition) is 3. The van der Waals surface area contributed by atoms with Crippen LogP contribution < -0.4 is 11.1 Å². The van der Waals surface area contributed by atoms with Crippen LogP contribution in [0.15, 0.2) is 18.0 Å². The fourth-order valence-electron chi connectivity index (χ4n) is 12.6. The van der Waals surface area contributed by atoms with Crippen LogP contribution in [-0.2, 0) is 14.3 Å². The summed E-state index contributed by atoms with van der Waals surface area (Å²) in [5.41, 5.74) is 5.96. The summed E-state index contributed by atoms with van der Waals surface area (Å²) in [5.74, 6) is 0.225. The van der Waals surface area contributed by atoms with E-state index < -0.39 is 28.3 Å². The van der Waals surface area contributed by atoms with Gasteiger partial charge in [0.05, 0.1) is 37.9 Å². The minimum absolute atomic E-state index is 0.0916. The van der Waals surface area contributed by atoms with Gasteiger partial charge in [-0.2, -0.15) is 5.10 Å². The van der Waals surface area contributed by atoms with Crippen molar-refractivity contribution < 1.29 is 24.2 Å². The van der Waals surface area contributed by atoms with Crippen molar-refractivity contribution in [2.45, 2.75) is 146 Å². The van der Waals surface area contributed by atoms with E-state index >= 15 is 0 Å². The molecule has 6 rings (SSSR count). The third-order valence-corrected chi connectivity index (χ3v) is 16.8. The lowest BCUT2D eigenvalue weighted by Gasteiger charge is -2.71. The summed E-state index contributed by atoms with van der Waals surface area (Å²) >= 11 is 0. The number of carbonyl (C=O) groups is 2. The van der Waals surface area contributed by atoms with E-state index in [1.807, 2.05) is 4.68 Å². The number of nitrogens with one attached hydrogen (secondary N) is 1. The van der Waals surface area contributed by atoms with Gasteiger partial charge in [-0.05, 0) is 102 Å². The van der Waals surface area contributed by atoms with Crippen LogP contribution in [0.5, 0.6) is 0 Å². The Morgan fingerprint density at radius 2 is 1.74 bits per heavy atom. The van der Waals surface area contributed by atoms with Crippen molar-refractivity contribution in [1.29, 1.82) is 0 Å². The second-order valence-electron chi connectivity index (χ2n) is 21.8. The molecule has 2 heterocycles. The van der Waals surface area contributed by atoms with Gasteiger partial charge in [0.15, 0.2) is 0 Å². The van der Waals surface area contributed by atoms with Gasteiger partial charge < -0.3 is 25.6 Å². The van der Waals surface area contributed by atoms with Gasteiger partial charge in [0.25, 0.3) is 5.91 Å². The Bertz CT molecular complexity index is 1630. The summed E-state index contributed by atoms with van der Waals surface area (Å²) in [6, 6.07) is -0.287. The summed E-state index contributed by atoms with van der Waals surface area (Å²) < 4.78 is 15.9. The summed E-state index contributed by atoms with van der Waals surface area (Å²) in [6.45, 7) is 30.7. The number of carbonyl (C=O) groups excluding carboxylic acids is 1. The van der Waals surface area contributed by atoms with Crippen LogP contribution in [0.1, 0.15) is 145 Å². The van der Waals surface area contributed by atoms with Gasteiger partial charge in [-0.15, -0.1) is 0 Å². The number of hydrogen-bond acceptors (Lipinski definition) is 7. The molecule has 4 N–H and O–H groups in total. The quantitative estimate of drug-likeness (QED) is 0.205. The molecule has 304 valence electrons. The number of carboxylic acid groups (broad SMARTS) is 1. The standard InChI is InChI=1S/C44H73N5O5/c1-26(2)28(5)40(10)18-19-41(11)29-14-15-32-39(9)20-31(49-35(47-25-48-49)36(50)46-21-38(6,7)8)34(54-23-43(13,45)27(3)4)44(32,24-53-22-39)30(29)16-17-42(41,12)33(40)37(51)52/h16,25-29,31-34H,14-15,17-24,45H2,1-13H3,(H,46,50)(H,51,52)/t28-,29+,31-,32-,33-,34+,39-,40-,41-,42+,43+,44+/m1/s1. The number of fused-ring (bicyclic) bond motifs is 3. The van der Waals surface area contributed by atoms with Crippen LogP contribution in [0.3, 0.4) is 0 Å². The predicted molar refractivity (Wildman–Crippen MR) is 212 cm³/mol. The van der Waals surface area contributed by atoms with Crippen molar-refractivity contribution in [2.24, 2.45) is 73.7 Å². The lowest BCUT2D eigenvalue weighted by molar-refractivity contribution is -0.254. The lowest BCUT2D eigenvalue weighted by atomic mass is 9.34. The van der Waals surface area contributed by atoms with Crippen molar-refractivity contribution in [3.63, 3.8) is 0 Å². The SMILES string of the molecule is CC(C)[C@@H](C)[C@@]1(C)CC[C@]2(C)[C@H]3CC[C@@H]4[C@@]5(C)COC[C@@]4(C3=CC[C@@]2(C)[C@@H]1C(=O)O)[C@@H](OC[C@](C)(N)C(C)C)[C@H](n1ncnc1C(=O)NCC(C)(C)C)C5. The smallest absolute Gasteiger partial charge is 0.307 e. The molecule has 12 atom stereocenters. The second-order valence-corrected chi connectivity index (χ2v) is 21.8. The van der Waals surface area contributed by atoms with Gasteiger partial charge in [-0.1, -0.05) is 94.7 Å². The molecule has 10 heteroatoms. The van der Waals surface area contributed by atoms with E-state index in [0.29, 0.717) is 44.5 Å². The average Bonchev–Trinajstić information content (AvgIpc) is 3.56. The molecule has 0 spiro atoms. The number of rotatable bonds is 10. The van der Waals surface area contributed by atoms with Crippen LogP contribution in [0, 0.1) is 68.0 Å². The fraction of sp³-hybridized carbons (Fsp3) is 0.864. The van der Waals surface area contributed by atoms with Crippen molar-refractivity contribution in [2.75, 3.05) is 26.4 Å².